The molecule has 2 fully saturated rings. The number of nitrogens with zero attached hydrogens (tertiary/aromatic N) is 3. The van der Waals surface area contributed by atoms with E-state index in [-0.39, 0.29) is 5.54 Å². The average Bonchev–Trinajstić information content (AvgIpc) is 2.46. The summed E-state index contributed by atoms with van der Waals surface area (Å²) < 4.78 is 0. The van der Waals surface area contributed by atoms with Gasteiger partial charge in [-0.15, -0.1) is 0 Å². The van der Waals surface area contributed by atoms with Gasteiger partial charge < -0.3 is 10.9 Å². The molecule has 0 aromatic heterocycles. The van der Waals surface area contributed by atoms with Crippen molar-refractivity contribution in [3.8, 4) is 0 Å². The lowest BCUT2D eigenvalue weighted by molar-refractivity contribution is 0.0414. The molecule has 0 aromatic rings. The molecule has 0 radical (unpaired) electrons. The van der Waals surface area contributed by atoms with Gasteiger partial charge in [0, 0.05) is 32.2 Å². The van der Waals surface area contributed by atoms with Crippen LogP contribution in [-0.2, 0) is 0 Å². The Kier molecular flexibility index (Phi) is 4.91. The monoisotopic (exact) mass is 282 g/mol. The second kappa shape index (κ2) is 6.31. The Morgan fingerprint density at radius 3 is 2.40 bits per heavy atom. The van der Waals surface area contributed by atoms with E-state index >= 15 is 0 Å². The van der Waals surface area contributed by atoms with Crippen LogP contribution in [0.2, 0.25) is 0 Å². The fourth-order valence-electron chi connectivity index (χ4n) is 3.66. The quantitative estimate of drug-likeness (QED) is 0.358. The Labute approximate surface area is 122 Å². The molecule has 0 spiro atoms. The number of amidine groups is 1. The first-order valence-electron chi connectivity index (χ1n) is 7.92. The Morgan fingerprint density at radius 2 is 1.85 bits per heavy atom. The lowest BCUT2D eigenvalue weighted by Crippen LogP contribution is -2.61. The van der Waals surface area contributed by atoms with Crippen molar-refractivity contribution in [1.82, 2.24) is 9.80 Å². The number of hydrogen-bond donors (Lipinski definition) is 2. The minimum Gasteiger partial charge on any atom is -0.409 e. The van der Waals surface area contributed by atoms with Gasteiger partial charge in [-0.3, -0.25) is 9.80 Å². The Hall–Kier alpha value is -0.810. The van der Waals surface area contributed by atoms with Crippen molar-refractivity contribution in [1.29, 1.82) is 0 Å². The molecular formula is C15H30N4O. The van der Waals surface area contributed by atoms with E-state index in [1.807, 2.05) is 13.8 Å². The number of hydrogen-bond acceptors (Lipinski definition) is 4. The first kappa shape index (κ1) is 15.6. The maximum atomic E-state index is 8.91. The third kappa shape index (κ3) is 3.26. The third-order valence-electron chi connectivity index (χ3n) is 5.26. The molecule has 3 N–H and O–H groups in total. The van der Waals surface area contributed by atoms with E-state index in [4.69, 9.17) is 10.9 Å². The molecule has 2 rings (SSSR count). The van der Waals surface area contributed by atoms with E-state index in [0.717, 1.165) is 38.1 Å². The van der Waals surface area contributed by atoms with Crippen molar-refractivity contribution in [2.45, 2.75) is 58.0 Å². The molecule has 1 saturated carbocycles. The molecule has 2 aliphatic rings. The van der Waals surface area contributed by atoms with Crippen molar-refractivity contribution >= 4 is 5.84 Å². The van der Waals surface area contributed by atoms with Crippen LogP contribution in [0.25, 0.3) is 0 Å². The topological polar surface area (TPSA) is 65.1 Å². The van der Waals surface area contributed by atoms with Gasteiger partial charge in [-0.1, -0.05) is 24.9 Å². The van der Waals surface area contributed by atoms with Crippen LogP contribution in [-0.4, -0.2) is 58.6 Å². The number of rotatable bonds is 3. The van der Waals surface area contributed by atoms with Crippen LogP contribution < -0.4 is 5.73 Å². The SMILES string of the molecule is CC1CCCC(N2CCN(C(C)(C)C(N)=NO)CC2)C1. The highest BCUT2D eigenvalue weighted by molar-refractivity contribution is 5.88. The van der Waals surface area contributed by atoms with Crippen molar-refractivity contribution in [3.63, 3.8) is 0 Å². The molecule has 1 saturated heterocycles. The number of piperazine rings is 1. The fraction of sp³-hybridized carbons (Fsp3) is 0.933. The molecule has 5 nitrogen and oxygen atoms in total. The van der Waals surface area contributed by atoms with Gasteiger partial charge in [0.25, 0.3) is 0 Å². The summed E-state index contributed by atoms with van der Waals surface area (Å²) in [7, 11) is 0. The molecular weight excluding hydrogens is 252 g/mol. The van der Waals surface area contributed by atoms with Gasteiger partial charge in [0.1, 0.15) is 0 Å². The molecule has 0 bridgehead atoms. The van der Waals surface area contributed by atoms with Crippen molar-refractivity contribution in [2.24, 2.45) is 16.8 Å². The second-order valence-corrected chi connectivity index (χ2v) is 6.99. The highest BCUT2D eigenvalue weighted by Gasteiger charge is 2.35. The number of nitrogens with two attached hydrogens (primary N) is 1. The van der Waals surface area contributed by atoms with Gasteiger partial charge in [0.15, 0.2) is 5.84 Å². The first-order chi connectivity index (χ1) is 9.45. The zero-order valence-corrected chi connectivity index (χ0v) is 13.2. The van der Waals surface area contributed by atoms with E-state index in [0.29, 0.717) is 5.84 Å². The van der Waals surface area contributed by atoms with Gasteiger partial charge >= 0.3 is 0 Å². The van der Waals surface area contributed by atoms with Crippen LogP contribution in [0.5, 0.6) is 0 Å². The standard InChI is InChI=1S/C15H30N4O/c1-12-5-4-6-13(11-12)18-7-9-19(10-8-18)15(2,3)14(16)17-20/h12-13,20H,4-11H2,1-3H3,(H2,16,17). The summed E-state index contributed by atoms with van der Waals surface area (Å²) in [6, 6.07) is 0.771. The Balaban J connectivity index is 1.89. The Bertz CT molecular complexity index is 348. The summed E-state index contributed by atoms with van der Waals surface area (Å²) in [5.74, 6) is 1.18. The maximum Gasteiger partial charge on any atom is 0.159 e. The van der Waals surface area contributed by atoms with E-state index < -0.39 is 0 Å². The van der Waals surface area contributed by atoms with Crippen LogP contribution in [0.1, 0.15) is 46.5 Å². The highest BCUT2D eigenvalue weighted by atomic mass is 16.4. The summed E-state index contributed by atoms with van der Waals surface area (Å²) >= 11 is 0. The van der Waals surface area contributed by atoms with E-state index in [1.54, 1.807) is 0 Å². The van der Waals surface area contributed by atoms with Gasteiger partial charge in [-0.05, 0) is 32.6 Å². The van der Waals surface area contributed by atoms with E-state index in [9.17, 15) is 0 Å². The lowest BCUT2D eigenvalue weighted by Gasteiger charge is -2.46. The van der Waals surface area contributed by atoms with Crippen LogP contribution in [0.15, 0.2) is 5.16 Å². The normalized spacial score (nSPS) is 31.4. The molecule has 20 heavy (non-hydrogen) atoms. The molecule has 1 heterocycles. The second-order valence-electron chi connectivity index (χ2n) is 6.99. The molecule has 116 valence electrons. The van der Waals surface area contributed by atoms with Crippen molar-refractivity contribution in [2.75, 3.05) is 26.2 Å². The fourth-order valence-corrected chi connectivity index (χ4v) is 3.66. The highest BCUT2D eigenvalue weighted by Crippen LogP contribution is 2.28. The minimum atomic E-state index is -0.360. The van der Waals surface area contributed by atoms with E-state index in [2.05, 4.69) is 21.9 Å². The van der Waals surface area contributed by atoms with Crippen LogP contribution in [0.3, 0.4) is 0 Å². The van der Waals surface area contributed by atoms with Gasteiger partial charge in [0.2, 0.25) is 0 Å². The van der Waals surface area contributed by atoms with E-state index in [1.165, 1.54) is 25.7 Å². The number of oxime groups is 1. The molecule has 5 heteroatoms. The summed E-state index contributed by atoms with van der Waals surface area (Å²) in [6.07, 6.45) is 5.48. The molecule has 1 aliphatic carbocycles. The van der Waals surface area contributed by atoms with Crippen LogP contribution in [0.4, 0.5) is 0 Å². The molecule has 2 atom stereocenters. The molecule has 1 aliphatic heterocycles. The van der Waals surface area contributed by atoms with Crippen LogP contribution in [0, 0.1) is 5.92 Å². The first-order valence-corrected chi connectivity index (χ1v) is 7.92. The van der Waals surface area contributed by atoms with Gasteiger partial charge in [0.05, 0.1) is 5.54 Å². The Morgan fingerprint density at radius 1 is 1.20 bits per heavy atom. The predicted octanol–water partition coefficient (Wildman–Crippen LogP) is 1.71. The van der Waals surface area contributed by atoms with Crippen molar-refractivity contribution in [3.05, 3.63) is 0 Å². The zero-order chi connectivity index (χ0) is 14.8. The average molecular weight is 282 g/mol. The van der Waals surface area contributed by atoms with Gasteiger partial charge in [-0.2, -0.15) is 0 Å². The van der Waals surface area contributed by atoms with Crippen molar-refractivity contribution < 1.29 is 5.21 Å². The largest absolute Gasteiger partial charge is 0.409 e. The predicted molar refractivity (Wildman–Crippen MR) is 82.1 cm³/mol. The maximum absolute atomic E-state index is 8.91. The lowest BCUT2D eigenvalue weighted by atomic mass is 9.86. The summed E-state index contributed by atoms with van der Waals surface area (Å²) in [4.78, 5) is 4.97. The molecule has 0 amide bonds. The minimum absolute atomic E-state index is 0.303. The summed E-state index contributed by atoms with van der Waals surface area (Å²) in [6.45, 7) is 10.6. The summed E-state index contributed by atoms with van der Waals surface area (Å²) in [5, 5.41) is 12.1. The summed E-state index contributed by atoms with van der Waals surface area (Å²) in [5.41, 5.74) is 5.46. The molecule has 2 unspecified atom stereocenters. The van der Waals surface area contributed by atoms with Crippen LogP contribution >= 0.6 is 0 Å². The smallest absolute Gasteiger partial charge is 0.159 e. The zero-order valence-electron chi connectivity index (χ0n) is 13.2. The molecule has 0 aromatic carbocycles. The van der Waals surface area contributed by atoms with Gasteiger partial charge in [-0.25, -0.2) is 0 Å². The third-order valence-corrected chi connectivity index (χ3v) is 5.26.